The molecule has 2 rings (SSSR count). The Kier molecular flexibility index (Phi) is 6.15. The fourth-order valence-electron chi connectivity index (χ4n) is 2.08. The topological polar surface area (TPSA) is 63.2 Å². The van der Waals surface area contributed by atoms with E-state index in [0.29, 0.717) is 16.8 Å². The number of hydrogen-bond acceptors (Lipinski definition) is 4. The average molecular weight is 445 g/mol. The van der Waals surface area contributed by atoms with Crippen LogP contribution in [0.1, 0.15) is 23.7 Å². The molecule has 0 atom stereocenters. The molecule has 150 valence electrons. The number of nitriles is 1. The number of nitrogens with zero attached hydrogens (tertiary/aromatic N) is 4. The van der Waals surface area contributed by atoms with Crippen LogP contribution in [0.2, 0.25) is 10.0 Å². The monoisotopic (exact) mass is 444 g/mol. The molecule has 0 bridgehead atoms. The second-order valence-electron chi connectivity index (χ2n) is 5.04. The number of rotatable bonds is 4. The lowest BCUT2D eigenvalue weighted by Gasteiger charge is -2.13. The quantitative estimate of drug-likeness (QED) is 0.340. The molecule has 0 unspecified atom stereocenters. The molecular formula is C15H8Cl2F6N4O. The average Bonchev–Trinajstić information content (AvgIpc) is 2.92. The molecule has 0 fully saturated rings. The fourth-order valence-corrected chi connectivity index (χ4v) is 2.73. The zero-order chi connectivity index (χ0) is 21.3. The van der Waals surface area contributed by atoms with E-state index in [1.54, 1.807) is 6.92 Å². The SMILES string of the molecule is CCOC=Nc1c(C#N)c(C(F)(F)F)nn1-c1c(Cl)cc(C(F)(F)F)cc1Cl. The summed E-state index contributed by atoms with van der Waals surface area (Å²) in [6.45, 7) is 1.69. The van der Waals surface area contributed by atoms with E-state index < -0.39 is 50.7 Å². The fraction of sp³-hybridized carbons (Fsp3) is 0.267. The Morgan fingerprint density at radius 3 is 2.18 bits per heavy atom. The second kappa shape index (κ2) is 7.89. The molecule has 0 spiro atoms. The Balaban J connectivity index is 2.82. The molecule has 0 N–H and O–H groups in total. The van der Waals surface area contributed by atoms with Gasteiger partial charge in [0.05, 0.1) is 22.2 Å². The molecule has 0 aliphatic rings. The normalized spacial score (nSPS) is 12.4. The number of hydrogen-bond donors (Lipinski definition) is 0. The van der Waals surface area contributed by atoms with E-state index in [1.807, 2.05) is 0 Å². The van der Waals surface area contributed by atoms with Crippen molar-refractivity contribution >= 4 is 35.4 Å². The first-order valence-corrected chi connectivity index (χ1v) is 7.98. The molecule has 0 radical (unpaired) electrons. The smallest absolute Gasteiger partial charge is 0.436 e. The van der Waals surface area contributed by atoms with Crippen molar-refractivity contribution in [2.45, 2.75) is 19.3 Å². The van der Waals surface area contributed by atoms with Crippen molar-refractivity contribution in [3.05, 3.63) is 39.0 Å². The van der Waals surface area contributed by atoms with E-state index >= 15 is 0 Å². The Hall–Kier alpha value is -2.45. The Morgan fingerprint density at radius 1 is 1.18 bits per heavy atom. The molecule has 0 aliphatic heterocycles. The van der Waals surface area contributed by atoms with E-state index in [2.05, 4.69) is 10.1 Å². The van der Waals surface area contributed by atoms with Gasteiger partial charge in [-0.3, -0.25) is 0 Å². The Labute approximate surface area is 163 Å². The summed E-state index contributed by atoms with van der Waals surface area (Å²) in [5.41, 5.74) is -4.30. The van der Waals surface area contributed by atoms with Crippen LogP contribution in [0, 0.1) is 11.3 Å². The van der Waals surface area contributed by atoms with Crippen LogP contribution in [0.3, 0.4) is 0 Å². The minimum absolute atomic E-state index is 0.118. The molecule has 5 nitrogen and oxygen atoms in total. The van der Waals surface area contributed by atoms with Crippen LogP contribution in [-0.2, 0) is 17.1 Å². The summed E-state index contributed by atoms with van der Waals surface area (Å²) >= 11 is 11.7. The van der Waals surface area contributed by atoms with E-state index in [4.69, 9.17) is 33.2 Å². The lowest BCUT2D eigenvalue weighted by Crippen LogP contribution is -2.10. The van der Waals surface area contributed by atoms with Gasteiger partial charge < -0.3 is 4.74 Å². The van der Waals surface area contributed by atoms with E-state index in [1.165, 1.54) is 6.07 Å². The van der Waals surface area contributed by atoms with Crippen molar-refractivity contribution in [1.82, 2.24) is 9.78 Å². The second-order valence-corrected chi connectivity index (χ2v) is 5.86. The summed E-state index contributed by atoms with van der Waals surface area (Å²) in [4.78, 5) is 3.62. The van der Waals surface area contributed by atoms with Crippen LogP contribution in [0.5, 0.6) is 0 Å². The van der Waals surface area contributed by atoms with Gasteiger partial charge >= 0.3 is 12.4 Å². The number of benzene rings is 1. The summed E-state index contributed by atoms with van der Waals surface area (Å²) in [6.07, 6.45) is -9.07. The number of aliphatic imine (C=N–C) groups is 1. The third kappa shape index (κ3) is 4.34. The maximum atomic E-state index is 13.2. The van der Waals surface area contributed by atoms with Gasteiger partial charge in [0.2, 0.25) is 0 Å². The highest BCUT2D eigenvalue weighted by molar-refractivity contribution is 6.38. The summed E-state index contributed by atoms with van der Waals surface area (Å²) in [7, 11) is 0. The first kappa shape index (κ1) is 21.8. The van der Waals surface area contributed by atoms with Crippen molar-refractivity contribution < 1.29 is 31.1 Å². The highest BCUT2D eigenvalue weighted by Crippen LogP contribution is 2.41. The summed E-state index contributed by atoms with van der Waals surface area (Å²) in [5.74, 6) is -0.660. The minimum Gasteiger partial charge on any atom is -0.483 e. The zero-order valence-electron chi connectivity index (χ0n) is 13.7. The molecule has 0 saturated carbocycles. The molecule has 1 aromatic heterocycles. The molecular weight excluding hydrogens is 437 g/mol. The van der Waals surface area contributed by atoms with Gasteiger partial charge in [-0.05, 0) is 19.1 Å². The van der Waals surface area contributed by atoms with Crippen molar-refractivity contribution in [2.75, 3.05) is 6.61 Å². The van der Waals surface area contributed by atoms with Crippen LogP contribution < -0.4 is 0 Å². The Morgan fingerprint density at radius 2 is 1.75 bits per heavy atom. The molecule has 2 aromatic rings. The molecule has 13 heteroatoms. The number of halogens is 8. The van der Waals surface area contributed by atoms with Crippen LogP contribution in [-0.4, -0.2) is 22.8 Å². The van der Waals surface area contributed by atoms with E-state index in [9.17, 15) is 26.3 Å². The Bertz CT molecular complexity index is 936. The van der Waals surface area contributed by atoms with Crippen molar-refractivity contribution in [3.63, 3.8) is 0 Å². The standard InChI is InChI=1S/C15H8Cl2F6N4O/c1-2-28-6-25-13-8(5-24)12(15(21,22)23)26-27(13)11-9(16)3-7(4-10(11)17)14(18,19)20/h3-4,6H,2H2,1H3. The molecule has 28 heavy (non-hydrogen) atoms. The van der Waals surface area contributed by atoms with E-state index in [-0.39, 0.29) is 6.61 Å². The maximum absolute atomic E-state index is 13.2. The number of ether oxygens (including phenoxy) is 1. The third-order valence-corrected chi connectivity index (χ3v) is 3.79. The largest absolute Gasteiger partial charge is 0.483 e. The molecule has 1 aromatic carbocycles. The van der Waals surface area contributed by atoms with Gasteiger partial charge in [0.15, 0.2) is 17.9 Å². The van der Waals surface area contributed by atoms with Gasteiger partial charge in [-0.25, -0.2) is 4.68 Å². The first-order chi connectivity index (χ1) is 12.9. The molecule has 0 amide bonds. The van der Waals surface area contributed by atoms with Crippen LogP contribution >= 0.6 is 23.2 Å². The van der Waals surface area contributed by atoms with Crippen LogP contribution in [0.15, 0.2) is 17.1 Å². The van der Waals surface area contributed by atoms with Gasteiger partial charge in [-0.1, -0.05) is 23.2 Å². The predicted octanol–water partition coefficient (Wildman–Crippen LogP) is 5.78. The highest BCUT2D eigenvalue weighted by atomic mass is 35.5. The van der Waals surface area contributed by atoms with Gasteiger partial charge in [-0.2, -0.15) is 41.7 Å². The molecule has 0 saturated heterocycles. The van der Waals surface area contributed by atoms with Gasteiger partial charge in [0.1, 0.15) is 17.3 Å². The van der Waals surface area contributed by atoms with Gasteiger partial charge in [0, 0.05) is 0 Å². The summed E-state index contributed by atoms with van der Waals surface area (Å²) < 4.78 is 83.6. The summed E-state index contributed by atoms with van der Waals surface area (Å²) in [5, 5.41) is 11.1. The number of alkyl halides is 6. The maximum Gasteiger partial charge on any atom is 0.436 e. The van der Waals surface area contributed by atoms with E-state index in [0.717, 1.165) is 6.40 Å². The highest BCUT2D eigenvalue weighted by Gasteiger charge is 2.41. The van der Waals surface area contributed by atoms with Crippen LogP contribution in [0.25, 0.3) is 5.69 Å². The van der Waals surface area contributed by atoms with Crippen molar-refractivity contribution in [1.29, 1.82) is 5.26 Å². The third-order valence-electron chi connectivity index (χ3n) is 3.21. The summed E-state index contributed by atoms with van der Waals surface area (Å²) in [6, 6.07) is 2.27. The lowest BCUT2D eigenvalue weighted by molar-refractivity contribution is -0.141. The minimum atomic E-state index is -5.04. The first-order valence-electron chi connectivity index (χ1n) is 7.22. The zero-order valence-corrected chi connectivity index (χ0v) is 15.2. The predicted molar refractivity (Wildman–Crippen MR) is 88.1 cm³/mol. The van der Waals surface area contributed by atoms with Gasteiger partial charge in [-0.15, -0.1) is 0 Å². The number of aromatic nitrogens is 2. The molecule has 0 aliphatic carbocycles. The molecule has 1 heterocycles. The van der Waals surface area contributed by atoms with Crippen LogP contribution in [0.4, 0.5) is 32.2 Å². The van der Waals surface area contributed by atoms with Crippen molar-refractivity contribution in [3.8, 4) is 11.8 Å². The van der Waals surface area contributed by atoms with Gasteiger partial charge in [0.25, 0.3) is 0 Å². The lowest BCUT2D eigenvalue weighted by atomic mass is 10.2. The van der Waals surface area contributed by atoms with Crippen molar-refractivity contribution in [2.24, 2.45) is 4.99 Å².